The predicted octanol–water partition coefficient (Wildman–Crippen LogP) is 5.48. The molecular weight excluding hydrogens is 384 g/mol. The molecule has 0 radical (unpaired) electrons. The largest absolute Gasteiger partial charge is 0.463 e. The first-order chi connectivity index (χ1) is 14.2. The lowest BCUT2D eigenvalue weighted by atomic mass is 10.0. The maximum atomic E-state index is 11.4. The second-order valence-electron chi connectivity index (χ2n) is 6.25. The summed E-state index contributed by atoms with van der Waals surface area (Å²) in [7, 11) is 1.33. The molecule has 0 atom stereocenters. The van der Waals surface area contributed by atoms with Gasteiger partial charge in [-0.25, -0.2) is 4.79 Å². The van der Waals surface area contributed by atoms with Gasteiger partial charge in [-0.05, 0) is 35.4 Å². The van der Waals surface area contributed by atoms with Crippen molar-refractivity contribution in [2.45, 2.75) is 10.8 Å². The predicted molar refractivity (Wildman–Crippen MR) is 113 cm³/mol. The average molecular weight is 402 g/mol. The molecule has 0 saturated heterocycles. The van der Waals surface area contributed by atoms with Gasteiger partial charge >= 0.3 is 5.97 Å². The molecule has 4 aromatic rings. The minimum absolute atomic E-state index is 0.198. The zero-order chi connectivity index (χ0) is 20.1. The molecule has 4 rings (SSSR count). The zero-order valence-corrected chi connectivity index (χ0v) is 16.6. The van der Waals surface area contributed by atoms with Gasteiger partial charge in [0.25, 0.3) is 0 Å². The lowest BCUT2D eigenvalue weighted by molar-refractivity contribution is 0.0563. The molecule has 2 heterocycles. The molecule has 0 saturated carbocycles. The molecule has 0 N–H and O–H groups in total. The van der Waals surface area contributed by atoms with E-state index in [9.17, 15) is 4.79 Å². The summed E-state index contributed by atoms with van der Waals surface area (Å²) in [5, 5.41) is 9.41. The average Bonchev–Trinajstić information content (AvgIpc) is 3.27. The third-order valence-electron chi connectivity index (χ3n) is 4.34. The van der Waals surface area contributed by atoms with Gasteiger partial charge in [-0.15, -0.1) is 10.2 Å². The van der Waals surface area contributed by atoms with Gasteiger partial charge in [-0.3, -0.25) is 0 Å². The maximum absolute atomic E-state index is 11.4. The Kier molecular flexibility index (Phi) is 5.72. The second-order valence-corrected chi connectivity index (χ2v) is 7.24. The van der Waals surface area contributed by atoms with Crippen LogP contribution in [0.2, 0.25) is 0 Å². The topological polar surface area (TPSA) is 65.2 Å². The van der Waals surface area contributed by atoms with E-state index in [1.54, 1.807) is 12.1 Å². The van der Waals surface area contributed by atoms with Crippen LogP contribution >= 0.6 is 11.8 Å². The van der Waals surface area contributed by atoms with Crippen molar-refractivity contribution < 1.29 is 13.9 Å². The molecule has 2 aromatic carbocycles. The first kappa shape index (κ1) is 19.0. The van der Waals surface area contributed by atoms with Crippen LogP contribution in [0.1, 0.15) is 16.3 Å². The molecule has 2 aromatic heterocycles. The number of carbonyl (C=O) groups is 1. The lowest BCUT2D eigenvalue weighted by Crippen LogP contribution is -1.98. The molecule has 0 aliphatic carbocycles. The Morgan fingerprint density at radius 2 is 1.59 bits per heavy atom. The van der Waals surface area contributed by atoms with Crippen LogP contribution in [0.25, 0.3) is 22.4 Å². The number of hydrogen-bond donors (Lipinski definition) is 0. The summed E-state index contributed by atoms with van der Waals surface area (Å²) in [5.41, 5.74) is 4.19. The number of rotatable bonds is 6. The summed E-state index contributed by atoms with van der Waals surface area (Å²) in [5.74, 6) is 0.946. The molecule has 0 aliphatic heterocycles. The van der Waals surface area contributed by atoms with E-state index in [4.69, 9.17) is 4.42 Å². The quantitative estimate of drug-likeness (QED) is 0.314. The fourth-order valence-corrected chi connectivity index (χ4v) is 3.53. The fraction of sp³-hybridized carbons (Fsp3) is 0.0870. The van der Waals surface area contributed by atoms with Gasteiger partial charge in [0.2, 0.25) is 5.76 Å². The summed E-state index contributed by atoms with van der Waals surface area (Å²) in [6.07, 6.45) is 0. The monoisotopic (exact) mass is 402 g/mol. The number of furan rings is 1. The lowest BCUT2D eigenvalue weighted by Gasteiger charge is -2.05. The molecule has 0 aliphatic rings. The summed E-state index contributed by atoms with van der Waals surface area (Å²) < 4.78 is 10.1. The Hall–Kier alpha value is -3.38. The number of methoxy groups -OCH3 is 1. The SMILES string of the molecule is COC(=O)c1ccc(CSc2ccc(-c3ccc(-c4ccccc4)cc3)nn2)o1. The van der Waals surface area contributed by atoms with Gasteiger partial charge in [0.1, 0.15) is 10.8 Å². The highest BCUT2D eigenvalue weighted by atomic mass is 32.2. The van der Waals surface area contributed by atoms with E-state index in [2.05, 4.69) is 51.3 Å². The van der Waals surface area contributed by atoms with Crippen LogP contribution < -0.4 is 0 Å². The molecular formula is C23H18N2O3S. The number of carbonyl (C=O) groups excluding carboxylic acids is 1. The maximum Gasteiger partial charge on any atom is 0.373 e. The van der Waals surface area contributed by atoms with Gasteiger partial charge < -0.3 is 9.15 Å². The molecule has 0 amide bonds. The molecule has 0 fully saturated rings. The van der Waals surface area contributed by atoms with Crippen molar-refractivity contribution in [3.63, 3.8) is 0 Å². The Morgan fingerprint density at radius 1 is 0.862 bits per heavy atom. The second kappa shape index (κ2) is 8.75. The van der Waals surface area contributed by atoms with E-state index in [0.717, 1.165) is 16.3 Å². The number of esters is 1. The van der Waals surface area contributed by atoms with Crippen LogP contribution in [0.4, 0.5) is 0 Å². The molecule has 0 spiro atoms. The highest BCUT2D eigenvalue weighted by molar-refractivity contribution is 7.98. The third kappa shape index (κ3) is 4.55. The van der Waals surface area contributed by atoms with Crippen LogP contribution in [0, 0.1) is 0 Å². The van der Waals surface area contributed by atoms with Crippen LogP contribution in [-0.2, 0) is 10.5 Å². The molecule has 0 unspecified atom stereocenters. The number of ether oxygens (including phenoxy) is 1. The Bertz CT molecular complexity index is 1090. The Balaban J connectivity index is 1.40. The van der Waals surface area contributed by atoms with Gasteiger partial charge in [0.15, 0.2) is 0 Å². The fourth-order valence-electron chi connectivity index (χ4n) is 2.83. The molecule has 29 heavy (non-hydrogen) atoms. The minimum atomic E-state index is -0.483. The Morgan fingerprint density at radius 3 is 2.28 bits per heavy atom. The van der Waals surface area contributed by atoms with Crippen molar-refractivity contribution in [2.75, 3.05) is 7.11 Å². The summed E-state index contributed by atoms with van der Waals surface area (Å²) >= 11 is 1.49. The van der Waals surface area contributed by atoms with E-state index in [0.29, 0.717) is 11.5 Å². The van der Waals surface area contributed by atoms with Crippen LogP contribution in [0.15, 0.2) is 88.3 Å². The van der Waals surface area contributed by atoms with Gasteiger partial charge in [-0.1, -0.05) is 66.4 Å². The molecule has 5 nitrogen and oxygen atoms in total. The van der Waals surface area contributed by atoms with E-state index >= 15 is 0 Å². The van der Waals surface area contributed by atoms with E-state index in [-0.39, 0.29) is 5.76 Å². The Labute approximate surface area is 172 Å². The van der Waals surface area contributed by atoms with E-state index in [1.807, 2.05) is 30.3 Å². The van der Waals surface area contributed by atoms with Crippen LogP contribution in [0.3, 0.4) is 0 Å². The first-order valence-corrected chi connectivity index (χ1v) is 10.0. The van der Waals surface area contributed by atoms with E-state index < -0.39 is 5.97 Å². The number of aromatic nitrogens is 2. The summed E-state index contributed by atoms with van der Waals surface area (Å²) in [4.78, 5) is 11.4. The summed E-state index contributed by atoms with van der Waals surface area (Å²) in [6.45, 7) is 0. The van der Waals surface area contributed by atoms with Crippen molar-refractivity contribution in [3.05, 3.63) is 90.4 Å². The van der Waals surface area contributed by atoms with Crippen LogP contribution in [0.5, 0.6) is 0 Å². The summed E-state index contributed by atoms with van der Waals surface area (Å²) in [6, 6.07) is 25.8. The van der Waals surface area contributed by atoms with E-state index in [1.165, 1.54) is 30.0 Å². The van der Waals surface area contributed by atoms with Gasteiger partial charge in [0, 0.05) is 5.56 Å². The molecule has 6 heteroatoms. The minimum Gasteiger partial charge on any atom is -0.463 e. The number of nitrogens with zero attached hydrogens (tertiary/aromatic N) is 2. The van der Waals surface area contributed by atoms with Crippen LogP contribution in [-0.4, -0.2) is 23.3 Å². The third-order valence-corrected chi connectivity index (χ3v) is 5.28. The highest BCUT2D eigenvalue weighted by Gasteiger charge is 2.11. The van der Waals surface area contributed by atoms with Gasteiger partial charge in [0.05, 0.1) is 18.6 Å². The normalized spacial score (nSPS) is 10.7. The standard InChI is InChI=1S/C23H18N2O3S/c1-27-23(26)21-13-11-19(28-21)15-29-22-14-12-20(24-25-22)18-9-7-17(8-10-18)16-5-3-2-4-6-16/h2-14H,15H2,1H3. The molecule has 144 valence electrons. The van der Waals surface area contributed by atoms with Crippen molar-refractivity contribution >= 4 is 17.7 Å². The zero-order valence-electron chi connectivity index (χ0n) is 15.7. The van der Waals surface area contributed by atoms with Crippen molar-refractivity contribution in [1.29, 1.82) is 0 Å². The van der Waals surface area contributed by atoms with Crippen molar-refractivity contribution in [2.24, 2.45) is 0 Å². The highest BCUT2D eigenvalue weighted by Crippen LogP contribution is 2.26. The first-order valence-electron chi connectivity index (χ1n) is 9.02. The number of thioether (sulfide) groups is 1. The smallest absolute Gasteiger partial charge is 0.373 e. The van der Waals surface area contributed by atoms with Crippen molar-refractivity contribution in [3.8, 4) is 22.4 Å². The van der Waals surface area contributed by atoms with Gasteiger partial charge in [-0.2, -0.15) is 0 Å². The molecule has 0 bridgehead atoms. The number of benzene rings is 2. The number of hydrogen-bond acceptors (Lipinski definition) is 6. The van der Waals surface area contributed by atoms with Crippen molar-refractivity contribution in [1.82, 2.24) is 10.2 Å².